The number of piperidine rings is 1. The van der Waals surface area contributed by atoms with Gasteiger partial charge in [-0.3, -0.25) is 9.59 Å². The summed E-state index contributed by atoms with van der Waals surface area (Å²) in [5.74, 6) is 0.226. The van der Waals surface area contributed by atoms with E-state index < -0.39 is 0 Å². The number of carbonyl (C=O) groups is 2. The molecule has 3 atom stereocenters. The minimum Gasteiger partial charge on any atom is -0.378 e. The normalized spacial score (nSPS) is 29.7. The number of amides is 2. The Morgan fingerprint density at radius 3 is 2.65 bits per heavy atom. The first-order valence-electron chi connectivity index (χ1n) is 9.09. The molecule has 132 valence electrons. The molecule has 0 aromatic carbocycles. The quantitative estimate of drug-likeness (QED) is 0.816. The molecule has 1 aliphatic heterocycles. The molecule has 0 aromatic rings. The molecule has 0 spiro atoms. The van der Waals surface area contributed by atoms with E-state index in [0.717, 1.165) is 32.2 Å². The van der Waals surface area contributed by atoms with Crippen LogP contribution in [0.1, 0.15) is 59.8 Å². The summed E-state index contributed by atoms with van der Waals surface area (Å²) in [4.78, 5) is 26.5. The topological polar surface area (TPSA) is 58.6 Å². The van der Waals surface area contributed by atoms with Gasteiger partial charge in [-0.15, -0.1) is 0 Å². The van der Waals surface area contributed by atoms with Gasteiger partial charge in [0.2, 0.25) is 11.8 Å². The van der Waals surface area contributed by atoms with Crippen molar-refractivity contribution < 1.29 is 14.3 Å². The summed E-state index contributed by atoms with van der Waals surface area (Å²) in [6, 6.07) is 0.174. The first kappa shape index (κ1) is 18.2. The van der Waals surface area contributed by atoms with Crippen LogP contribution in [-0.4, -0.2) is 48.6 Å². The van der Waals surface area contributed by atoms with E-state index in [4.69, 9.17) is 4.74 Å². The molecular weight excluding hydrogens is 292 g/mol. The fourth-order valence-corrected chi connectivity index (χ4v) is 3.69. The predicted octanol–water partition coefficient (Wildman–Crippen LogP) is 2.34. The number of hydrogen-bond donors (Lipinski definition) is 1. The monoisotopic (exact) mass is 324 g/mol. The molecular formula is C18H32N2O3. The van der Waals surface area contributed by atoms with E-state index in [0.29, 0.717) is 19.6 Å². The van der Waals surface area contributed by atoms with Crippen molar-refractivity contribution >= 4 is 11.8 Å². The van der Waals surface area contributed by atoms with Crippen molar-refractivity contribution in [3.05, 3.63) is 0 Å². The SMILES string of the molecule is CCCC(=O)N1CCC[C@H](C(=O)N[C@H]2C[C@H](OCC)C2(C)C)C1. The maximum atomic E-state index is 12.6. The molecule has 2 amide bonds. The third kappa shape index (κ3) is 4.06. The Kier molecular flexibility index (Phi) is 6.06. The Hall–Kier alpha value is -1.10. The average Bonchev–Trinajstić information content (AvgIpc) is 2.54. The van der Waals surface area contributed by atoms with Crippen molar-refractivity contribution in [2.24, 2.45) is 11.3 Å². The summed E-state index contributed by atoms with van der Waals surface area (Å²) in [6.07, 6.45) is 4.36. The Balaban J connectivity index is 1.85. The van der Waals surface area contributed by atoms with Gasteiger partial charge in [0.15, 0.2) is 0 Å². The Bertz CT molecular complexity index is 436. The van der Waals surface area contributed by atoms with Crippen molar-refractivity contribution in [2.75, 3.05) is 19.7 Å². The van der Waals surface area contributed by atoms with E-state index in [1.165, 1.54) is 0 Å². The molecule has 2 aliphatic rings. The third-order valence-corrected chi connectivity index (χ3v) is 5.47. The molecule has 5 heteroatoms. The summed E-state index contributed by atoms with van der Waals surface area (Å²) < 4.78 is 5.72. The lowest BCUT2D eigenvalue weighted by Crippen LogP contribution is -2.63. The van der Waals surface area contributed by atoms with Crippen LogP contribution >= 0.6 is 0 Å². The van der Waals surface area contributed by atoms with E-state index >= 15 is 0 Å². The molecule has 1 saturated heterocycles. The van der Waals surface area contributed by atoms with E-state index in [9.17, 15) is 9.59 Å². The highest BCUT2D eigenvalue weighted by molar-refractivity contribution is 5.81. The lowest BCUT2D eigenvalue weighted by atomic mass is 9.64. The second-order valence-electron chi connectivity index (χ2n) is 7.49. The number of carbonyl (C=O) groups excluding carboxylic acids is 2. The summed E-state index contributed by atoms with van der Waals surface area (Å²) in [7, 11) is 0. The lowest BCUT2D eigenvalue weighted by molar-refractivity contribution is -0.143. The molecule has 2 rings (SSSR count). The molecule has 5 nitrogen and oxygen atoms in total. The fraction of sp³-hybridized carbons (Fsp3) is 0.889. The summed E-state index contributed by atoms with van der Waals surface area (Å²) in [5, 5.41) is 3.20. The zero-order valence-electron chi connectivity index (χ0n) is 15.1. The minimum atomic E-state index is -0.0634. The van der Waals surface area contributed by atoms with E-state index in [-0.39, 0.29) is 35.3 Å². The second kappa shape index (κ2) is 7.65. The van der Waals surface area contributed by atoms with Gasteiger partial charge < -0.3 is 15.0 Å². The number of nitrogens with zero attached hydrogens (tertiary/aromatic N) is 1. The zero-order valence-corrected chi connectivity index (χ0v) is 15.1. The highest BCUT2D eigenvalue weighted by Crippen LogP contribution is 2.42. The molecule has 0 unspecified atom stereocenters. The highest BCUT2D eigenvalue weighted by atomic mass is 16.5. The molecule has 23 heavy (non-hydrogen) atoms. The molecule has 0 aromatic heterocycles. The van der Waals surface area contributed by atoms with E-state index in [1.54, 1.807) is 0 Å². The second-order valence-corrected chi connectivity index (χ2v) is 7.49. The van der Waals surface area contributed by atoms with Gasteiger partial charge in [-0.2, -0.15) is 0 Å². The largest absolute Gasteiger partial charge is 0.378 e. The maximum absolute atomic E-state index is 12.6. The number of rotatable bonds is 6. The predicted molar refractivity (Wildman–Crippen MR) is 90.0 cm³/mol. The zero-order chi connectivity index (χ0) is 17.0. The van der Waals surface area contributed by atoms with Gasteiger partial charge in [-0.05, 0) is 32.6 Å². The molecule has 1 N–H and O–H groups in total. The summed E-state index contributed by atoms with van der Waals surface area (Å²) in [5.41, 5.74) is -0.0158. The minimum absolute atomic E-state index is 0.0158. The number of nitrogens with one attached hydrogen (secondary N) is 1. The Morgan fingerprint density at radius 1 is 1.30 bits per heavy atom. The van der Waals surface area contributed by atoms with Crippen LogP contribution in [0.4, 0.5) is 0 Å². The molecule has 1 saturated carbocycles. The number of ether oxygens (including phenoxy) is 1. The number of likely N-dealkylation sites (tertiary alicyclic amines) is 1. The van der Waals surface area contributed by atoms with Crippen molar-refractivity contribution in [1.82, 2.24) is 10.2 Å². The van der Waals surface area contributed by atoms with Crippen LogP contribution in [0, 0.1) is 11.3 Å². The van der Waals surface area contributed by atoms with Crippen LogP contribution in [0.15, 0.2) is 0 Å². The third-order valence-electron chi connectivity index (χ3n) is 5.47. The van der Waals surface area contributed by atoms with Gasteiger partial charge in [-0.1, -0.05) is 20.8 Å². The maximum Gasteiger partial charge on any atom is 0.225 e. The fourth-order valence-electron chi connectivity index (χ4n) is 3.69. The van der Waals surface area contributed by atoms with Crippen molar-refractivity contribution in [3.63, 3.8) is 0 Å². The molecule has 2 fully saturated rings. The standard InChI is InChI=1S/C18H32N2O3/c1-5-8-16(21)20-10-7-9-13(12-20)17(22)19-14-11-15(23-6-2)18(14,3)4/h13-15H,5-12H2,1-4H3,(H,19,22)/t13-,14-,15-/m0/s1. The van der Waals surface area contributed by atoms with Gasteiger partial charge in [0, 0.05) is 37.6 Å². The summed E-state index contributed by atoms with van der Waals surface area (Å²) in [6.45, 7) is 10.4. The Labute approximate surface area is 140 Å². The lowest BCUT2D eigenvalue weighted by Gasteiger charge is -2.52. The van der Waals surface area contributed by atoms with Gasteiger partial charge in [-0.25, -0.2) is 0 Å². The summed E-state index contributed by atoms with van der Waals surface area (Å²) >= 11 is 0. The van der Waals surface area contributed by atoms with Gasteiger partial charge in [0.1, 0.15) is 0 Å². The molecule has 0 radical (unpaired) electrons. The van der Waals surface area contributed by atoms with Crippen LogP contribution in [0.5, 0.6) is 0 Å². The molecule has 0 bridgehead atoms. The molecule has 1 heterocycles. The van der Waals surface area contributed by atoms with Crippen LogP contribution in [0.25, 0.3) is 0 Å². The first-order valence-corrected chi connectivity index (χ1v) is 9.09. The van der Waals surface area contributed by atoms with E-state index in [1.807, 2.05) is 18.7 Å². The Morgan fingerprint density at radius 2 is 2.04 bits per heavy atom. The van der Waals surface area contributed by atoms with Crippen LogP contribution in [0.3, 0.4) is 0 Å². The van der Waals surface area contributed by atoms with E-state index in [2.05, 4.69) is 19.2 Å². The average molecular weight is 324 g/mol. The van der Waals surface area contributed by atoms with Crippen LogP contribution < -0.4 is 5.32 Å². The van der Waals surface area contributed by atoms with Crippen LogP contribution in [0.2, 0.25) is 0 Å². The number of hydrogen-bond acceptors (Lipinski definition) is 3. The highest BCUT2D eigenvalue weighted by Gasteiger charge is 2.50. The van der Waals surface area contributed by atoms with Crippen LogP contribution in [-0.2, 0) is 14.3 Å². The smallest absolute Gasteiger partial charge is 0.225 e. The molecule has 1 aliphatic carbocycles. The van der Waals surface area contributed by atoms with Crippen molar-refractivity contribution in [1.29, 1.82) is 0 Å². The van der Waals surface area contributed by atoms with Gasteiger partial charge in [0.25, 0.3) is 0 Å². The van der Waals surface area contributed by atoms with Crippen molar-refractivity contribution in [3.8, 4) is 0 Å². The van der Waals surface area contributed by atoms with Gasteiger partial charge >= 0.3 is 0 Å². The van der Waals surface area contributed by atoms with Crippen molar-refractivity contribution in [2.45, 2.75) is 71.9 Å². The first-order chi connectivity index (χ1) is 10.9. The van der Waals surface area contributed by atoms with Gasteiger partial charge in [0.05, 0.1) is 12.0 Å².